The van der Waals surface area contributed by atoms with E-state index in [1.165, 1.54) is 0 Å². The highest BCUT2D eigenvalue weighted by Gasteiger charge is 2.19. The largest absolute Gasteiger partial charge is 0.486 e. The summed E-state index contributed by atoms with van der Waals surface area (Å²) in [4.78, 5) is 0.0309. The Labute approximate surface area is 114 Å². The first kappa shape index (κ1) is 11.7. The molecule has 2 aromatic rings. The van der Waals surface area contributed by atoms with Gasteiger partial charge in [-0.15, -0.1) is 0 Å². The average molecular weight is 309 g/mol. The van der Waals surface area contributed by atoms with Crippen LogP contribution in [0.2, 0.25) is 0 Å². The van der Waals surface area contributed by atoms with E-state index < -0.39 is 0 Å². The van der Waals surface area contributed by atoms with Gasteiger partial charge in [0.25, 0.3) is 0 Å². The predicted octanol–water partition coefficient (Wildman–Crippen LogP) is 3.84. The molecule has 3 nitrogen and oxygen atoms in total. The SMILES string of the molecule is Cc1ccoc1C(Br)c1ccc2c(c1)OCCO2. The van der Waals surface area contributed by atoms with Crippen molar-refractivity contribution in [3.63, 3.8) is 0 Å². The fraction of sp³-hybridized carbons (Fsp3) is 0.286. The van der Waals surface area contributed by atoms with Crippen LogP contribution in [-0.2, 0) is 0 Å². The molecule has 1 aliphatic heterocycles. The van der Waals surface area contributed by atoms with Crippen LogP contribution in [0.5, 0.6) is 11.5 Å². The van der Waals surface area contributed by atoms with Gasteiger partial charge in [0.1, 0.15) is 19.0 Å². The molecule has 2 heterocycles. The number of aryl methyl sites for hydroxylation is 1. The summed E-state index contributed by atoms with van der Waals surface area (Å²) in [7, 11) is 0. The molecule has 18 heavy (non-hydrogen) atoms. The third-order valence-corrected chi connectivity index (χ3v) is 3.94. The van der Waals surface area contributed by atoms with E-state index in [0.29, 0.717) is 13.2 Å². The molecule has 1 aromatic heterocycles. The van der Waals surface area contributed by atoms with Crippen molar-refractivity contribution in [1.29, 1.82) is 0 Å². The Balaban J connectivity index is 1.95. The monoisotopic (exact) mass is 308 g/mol. The van der Waals surface area contributed by atoms with Crippen molar-refractivity contribution in [2.75, 3.05) is 13.2 Å². The quantitative estimate of drug-likeness (QED) is 0.790. The van der Waals surface area contributed by atoms with Crippen LogP contribution in [0.1, 0.15) is 21.7 Å². The maximum Gasteiger partial charge on any atom is 0.161 e. The molecule has 0 N–H and O–H groups in total. The number of alkyl halides is 1. The Morgan fingerprint density at radius 3 is 2.61 bits per heavy atom. The van der Waals surface area contributed by atoms with E-state index in [9.17, 15) is 0 Å². The topological polar surface area (TPSA) is 31.6 Å². The summed E-state index contributed by atoms with van der Waals surface area (Å²) in [6, 6.07) is 7.92. The Bertz CT molecular complexity index is 562. The van der Waals surface area contributed by atoms with Crippen molar-refractivity contribution in [2.45, 2.75) is 11.8 Å². The minimum absolute atomic E-state index is 0.0309. The first-order chi connectivity index (χ1) is 8.75. The number of rotatable bonds is 2. The molecule has 0 aliphatic carbocycles. The Morgan fingerprint density at radius 2 is 1.89 bits per heavy atom. The van der Waals surface area contributed by atoms with E-state index in [-0.39, 0.29) is 4.83 Å². The zero-order valence-electron chi connectivity index (χ0n) is 9.98. The molecule has 0 saturated heterocycles. The van der Waals surface area contributed by atoms with E-state index in [1.54, 1.807) is 6.26 Å². The van der Waals surface area contributed by atoms with Gasteiger partial charge in [0.15, 0.2) is 11.5 Å². The Hall–Kier alpha value is -1.42. The summed E-state index contributed by atoms with van der Waals surface area (Å²) >= 11 is 3.66. The molecule has 0 radical (unpaired) electrons. The van der Waals surface area contributed by atoms with E-state index in [1.807, 2.05) is 31.2 Å². The number of benzene rings is 1. The smallest absolute Gasteiger partial charge is 0.161 e. The molecule has 1 aromatic carbocycles. The molecule has 0 saturated carbocycles. The van der Waals surface area contributed by atoms with Gasteiger partial charge in [-0.2, -0.15) is 0 Å². The fourth-order valence-corrected chi connectivity index (χ4v) is 2.77. The van der Waals surface area contributed by atoms with Crippen molar-refractivity contribution < 1.29 is 13.9 Å². The summed E-state index contributed by atoms with van der Waals surface area (Å²) in [5.74, 6) is 2.53. The van der Waals surface area contributed by atoms with Crippen LogP contribution < -0.4 is 9.47 Å². The maximum atomic E-state index is 5.59. The number of halogens is 1. The summed E-state index contributed by atoms with van der Waals surface area (Å²) in [5.41, 5.74) is 2.23. The van der Waals surface area contributed by atoms with Gasteiger partial charge in [-0.3, -0.25) is 0 Å². The molecule has 0 amide bonds. The van der Waals surface area contributed by atoms with Gasteiger partial charge in [-0.05, 0) is 36.2 Å². The van der Waals surface area contributed by atoms with Gasteiger partial charge in [0.05, 0.1) is 11.1 Å². The zero-order chi connectivity index (χ0) is 12.5. The van der Waals surface area contributed by atoms with Gasteiger partial charge >= 0.3 is 0 Å². The van der Waals surface area contributed by atoms with E-state index in [0.717, 1.165) is 28.4 Å². The molecular weight excluding hydrogens is 296 g/mol. The molecule has 1 aliphatic rings. The average Bonchev–Trinajstić information content (AvgIpc) is 2.83. The van der Waals surface area contributed by atoms with Gasteiger partial charge in [-0.25, -0.2) is 0 Å². The minimum Gasteiger partial charge on any atom is -0.486 e. The molecule has 0 spiro atoms. The lowest BCUT2D eigenvalue weighted by molar-refractivity contribution is 0.171. The Kier molecular flexibility index (Phi) is 3.04. The molecular formula is C14H13BrO3. The molecule has 1 unspecified atom stereocenters. The van der Waals surface area contributed by atoms with Crippen molar-refractivity contribution >= 4 is 15.9 Å². The number of hydrogen-bond donors (Lipinski definition) is 0. The van der Waals surface area contributed by atoms with Crippen molar-refractivity contribution in [3.05, 3.63) is 47.4 Å². The lowest BCUT2D eigenvalue weighted by Gasteiger charge is -2.19. The lowest BCUT2D eigenvalue weighted by atomic mass is 10.1. The highest BCUT2D eigenvalue weighted by atomic mass is 79.9. The van der Waals surface area contributed by atoms with Crippen LogP contribution in [0.4, 0.5) is 0 Å². The summed E-state index contributed by atoms with van der Waals surface area (Å²) in [5, 5.41) is 0. The van der Waals surface area contributed by atoms with Crippen LogP contribution in [0.15, 0.2) is 34.9 Å². The van der Waals surface area contributed by atoms with Crippen molar-refractivity contribution in [3.8, 4) is 11.5 Å². The summed E-state index contributed by atoms with van der Waals surface area (Å²) < 4.78 is 16.6. The summed E-state index contributed by atoms with van der Waals surface area (Å²) in [6.45, 7) is 3.25. The Morgan fingerprint density at radius 1 is 1.11 bits per heavy atom. The molecule has 4 heteroatoms. The second kappa shape index (κ2) is 4.69. The van der Waals surface area contributed by atoms with Crippen molar-refractivity contribution in [1.82, 2.24) is 0 Å². The molecule has 0 fully saturated rings. The second-order valence-corrected chi connectivity index (χ2v) is 5.15. The van der Waals surface area contributed by atoms with Gasteiger partial charge in [0.2, 0.25) is 0 Å². The first-order valence-electron chi connectivity index (χ1n) is 5.83. The van der Waals surface area contributed by atoms with Crippen LogP contribution in [0, 0.1) is 6.92 Å². The highest BCUT2D eigenvalue weighted by molar-refractivity contribution is 9.09. The summed E-state index contributed by atoms with van der Waals surface area (Å²) in [6.07, 6.45) is 1.71. The zero-order valence-corrected chi connectivity index (χ0v) is 11.6. The van der Waals surface area contributed by atoms with Gasteiger partial charge in [-0.1, -0.05) is 22.0 Å². The van der Waals surface area contributed by atoms with Gasteiger partial charge in [0, 0.05) is 0 Å². The first-order valence-corrected chi connectivity index (χ1v) is 6.75. The third-order valence-electron chi connectivity index (χ3n) is 2.99. The van der Waals surface area contributed by atoms with E-state index in [4.69, 9.17) is 13.9 Å². The second-order valence-electron chi connectivity index (χ2n) is 4.23. The number of fused-ring (bicyclic) bond motifs is 1. The van der Waals surface area contributed by atoms with Crippen LogP contribution >= 0.6 is 15.9 Å². The molecule has 94 valence electrons. The van der Waals surface area contributed by atoms with Crippen LogP contribution in [0.25, 0.3) is 0 Å². The molecule has 0 bridgehead atoms. The minimum atomic E-state index is 0.0309. The van der Waals surface area contributed by atoms with Crippen LogP contribution in [-0.4, -0.2) is 13.2 Å². The van der Waals surface area contributed by atoms with Gasteiger partial charge < -0.3 is 13.9 Å². The van der Waals surface area contributed by atoms with Crippen molar-refractivity contribution in [2.24, 2.45) is 0 Å². The standard InChI is InChI=1S/C14H13BrO3/c1-9-4-5-18-14(9)13(15)10-2-3-11-12(8-10)17-7-6-16-11/h2-5,8,13H,6-7H2,1H3. The fourth-order valence-electron chi connectivity index (χ4n) is 2.01. The normalized spacial score (nSPS) is 15.4. The number of hydrogen-bond acceptors (Lipinski definition) is 3. The van der Waals surface area contributed by atoms with E-state index in [2.05, 4.69) is 15.9 Å². The van der Waals surface area contributed by atoms with E-state index >= 15 is 0 Å². The molecule has 1 atom stereocenters. The third kappa shape index (κ3) is 2.01. The number of furan rings is 1. The van der Waals surface area contributed by atoms with Crippen LogP contribution in [0.3, 0.4) is 0 Å². The highest BCUT2D eigenvalue weighted by Crippen LogP contribution is 2.38. The maximum absolute atomic E-state index is 5.59. The number of ether oxygens (including phenoxy) is 2. The molecule has 3 rings (SSSR count). The predicted molar refractivity (Wildman–Crippen MR) is 71.6 cm³/mol. The lowest BCUT2D eigenvalue weighted by Crippen LogP contribution is -2.15.